The average molecular weight is 230 g/mol. The summed E-state index contributed by atoms with van der Waals surface area (Å²) in [4.78, 5) is 4.56. The summed E-state index contributed by atoms with van der Waals surface area (Å²) in [5.41, 5.74) is 2.43. The molecule has 0 atom stereocenters. The van der Waals surface area contributed by atoms with Crippen molar-refractivity contribution in [2.45, 2.75) is 0 Å². The maximum absolute atomic E-state index is 5.27. The number of benzene rings is 1. The Morgan fingerprint density at radius 1 is 1.18 bits per heavy atom. The van der Waals surface area contributed by atoms with Crippen LogP contribution in [-0.2, 0) is 0 Å². The molecule has 0 bridgehead atoms. The molecule has 0 aliphatic carbocycles. The van der Waals surface area contributed by atoms with Crippen molar-refractivity contribution in [3.8, 4) is 5.75 Å². The first-order valence-electron chi connectivity index (χ1n) is 5.70. The Morgan fingerprint density at radius 3 is 2.41 bits per heavy atom. The van der Waals surface area contributed by atoms with Gasteiger partial charge in [-0.25, -0.2) is 0 Å². The second kappa shape index (κ2) is 4.95. The number of nitrogens with zero attached hydrogens (tertiary/aromatic N) is 2. The second-order valence-corrected chi connectivity index (χ2v) is 4.02. The van der Waals surface area contributed by atoms with Gasteiger partial charge in [-0.15, -0.1) is 13.2 Å². The van der Waals surface area contributed by atoms with Gasteiger partial charge < -0.3 is 14.5 Å². The lowest BCUT2D eigenvalue weighted by atomic mass is 10.2. The van der Waals surface area contributed by atoms with Crippen LogP contribution in [-0.4, -0.2) is 26.9 Å². The van der Waals surface area contributed by atoms with E-state index in [4.69, 9.17) is 4.74 Å². The smallest absolute Gasteiger partial charge is 0.121 e. The molecule has 1 aromatic rings. The van der Waals surface area contributed by atoms with Crippen LogP contribution in [0.25, 0.3) is 0 Å². The minimum Gasteiger partial charge on any atom is -0.497 e. The van der Waals surface area contributed by atoms with E-state index in [0.717, 1.165) is 25.5 Å². The van der Waals surface area contributed by atoms with Crippen LogP contribution in [0, 0.1) is 0 Å². The molecule has 3 nitrogen and oxygen atoms in total. The van der Waals surface area contributed by atoms with Gasteiger partial charge in [0.15, 0.2) is 0 Å². The number of fused-ring (bicyclic) bond motifs is 1. The summed E-state index contributed by atoms with van der Waals surface area (Å²) in [6, 6.07) is 6.16. The SMILES string of the molecule is C=CCN1CN(CC=C)c2cc(OC)ccc21. The normalized spacial score (nSPS) is 13.5. The van der Waals surface area contributed by atoms with E-state index in [0.29, 0.717) is 0 Å². The lowest BCUT2D eigenvalue weighted by Crippen LogP contribution is -2.30. The van der Waals surface area contributed by atoms with Crippen LogP contribution in [0.15, 0.2) is 43.5 Å². The number of rotatable bonds is 5. The van der Waals surface area contributed by atoms with E-state index >= 15 is 0 Å². The van der Waals surface area contributed by atoms with Gasteiger partial charge in [0.05, 0.1) is 25.2 Å². The van der Waals surface area contributed by atoms with E-state index in [2.05, 4.69) is 35.1 Å². The molecule has 0 fully saturated rings. The van der Waals surface area contributed by atoms with Crippen LogP contribution in [0.5, 0.6) is 5.75 Å². The van der Waals surface area contributed by atoms with Gasteiger partial charge in [0.1, 0.15) is 5.75 Å². The molecule has 0 radical (unpaired) electrons. The summed E-state index contributed by atoms with van der Waals surface area (Å²) in [7, 11) is 1.69. The first-order chi connectivity index (χ1) is 8.30. The lowest BCUT2D eigenvalue weighted by molar-refractivity contribution is 0.415. The summed E-state index contributed by atoms with van der Waals surface area (Å²) in [5.74, 6) is 0.887. The van der Waals surface area contributed by atoms with Gasteiger partial charge in [-0.3, -0.25) is 0 Å². The molecule has 1 aromatic carbocycles. The summed E-state index contributed by atoms with van der Waals surface area (Å²) < 4.78 is 5.27. The Bertz CT molecular complexity index is 428. The first kappa shape index (κ1) is 11.6. The van der Waals surface area contributed by atoms with Crippen LogP contribution in [0.2, 0.25) is 0 Å². The minimum atomic E-state index is 0.841. The Balaban J connectivity index is 2.35. The zero-order valence-corrected chi connectivity index (χ0v) is 10.2. The third-order valence-corrected chi connectivity index (χ3v) is 2.90. The van der Waals surface area contributed by atoms with Crippen molar-refractivity contribution in [3.05, 3.63) is 43.5 Å². The van der Waals surface area contributed by atoms with Crippen molar-refractivity contribution in [2.24, 2.45) is 0 Å². The predicted molar refractivity (Wildman–Crippen MR) is 72.9 cm³/mol. The number of anilines is 2. The fourth-order valence-corrected chi connectivity index (χ4v) is 2.13. The van der Waals surface area contributed by atoms with Gasteiger partial charge in [-0.05, 0) is 12.1 Å². The Morgan fingerprint density at radius 2 is 1.82 bits per heavy atom. The molecular formula is C14H18N2O. The highest BCUT2D eigenvalue weighted by molar-refractivity contribution is 5.78. The molecule has 1 heterocycles. The number of ether oxygens (including phenoxy) is 1. The largest absolute Gasteiger partial charge is 0.497 e. The van der Waals surface area contributed by atoms with Crippen molar-refractivity contribution in [1.82, 2.24) is 0 Å². The maximum atomic E-state index is 5.27. The van der Waals surface area contributed by atoms with Gasteiger partial charge in [0, 0.05) is 19.2 Å². The Labute approximate surface area is 103 Å². The van der Waals surface area contributed by atoms with Gasteiger partial charge in [0.2, 0.25) is 0 Å². The minimum absolute atomic E-state index is 0.841. The van der Waals surface area contributed by atoms with Crippen molar-refractivity contribution in [2.75, 3.05) is 36.7 Å². The van der Waals surface area contributed by atoms with Crippen molar-refractivity contribution < 1.29 is 4.74 Å². The average Bonchev–Trinajstić information content (AvgIpc) is 2.68. The summed E-state index contributed by atoms with van der Waals surface area (Å²) in [6.45, 7) is 10.2. The third kappa shape index (κ3) is 2.13. The lowest BCUT2D eigenvalue weighted by Gasteiger charge is -2.19. The molecule has 0 N–H and O–H groups in total. The van der Waals surface area contributed by atoms with E-state index in [1.165, 1.54) is 11.4 Å². The van der Waals surface area contributed by atoms with E-state index in [9.17, 15) is 0 Å². The van der Waals surface area contributed by atoms with Gasteiger partial charge in [-0.2, -0.15) is 0 Å². The van der Waals surface area contributed by atoms with Crippen LogP contribution in [0.1, 0.15) is 0 Å². The van der Waals surface area contributed by atoms with E-state index in [-0.39, 0.29) is 0 Å². The van der Waals surface area contributed by atoms with E-state index in [1.54, 1.807) is 7.11 Å². The zero-order valence-electron chi connectivity index (χ0n) is 10.2. The summed E-state index contributed by atoms with van der Waals surface area (Å²) >= 11 is 0. The molecule has 0 spiro atoms. The van der Waals surface area contributed by atoms with E-state index < -0.39 is 0 Å². The molecule has 0 aromatic heterocycles. The number of hydrogen-bond acceptors (Lipinski definition) is 3. The van der Waals surface area contributed by atoms with Gasteiger partial charge >= 0.3 is 0 Å². The van der Waals surface area contributed by atoms with E-state index in [1.807, 2.05) is 18.2 Å². The number of hydrogen-bond donors (Lipinski definition) is 0. The summed E-state index contributed by atoms with van der Waals surface area (Å²) in [5, 5.41) is 0. The zero-order chi connectivity index (χ0) is 12.3. The monoisotopic (exact) mass is 230 g/mol. The molecule has 0 amide bonds. The van der Waals surface area contributed by atoms with Gasteiger partial charge in [0.25, 0.3) is 0 Å². The molecule has 90 valence electrons. The fraction of sp³-hybridized carbons (Fsp3) is 0.286. The van der Waals surface area contributed by atoms with Crippen LogP contribution < -0.4 is 14.5 Å². The van der Waals surface area contributed by atoms with Crippen molar-refractivity contribution >= 4 is 11.4 Å². The topological polar surface area (TPSA) is 15.7 Å². The highest BCUT2D eigenvalue weighted by atomic mass is 16.5. The summed E-state index contributed by atoms with van der Waals surface area (Å²) in [6.07, 6.45) is 3.84. The molecular weight excluding hydrogens is 212 g/mol. The molecule has 17 heavy (non-hydrogen) atoms. The molecule has 0 saturated carbocycles. The highest BCUT2D eigenvalue weighted by Gasteiger charge is 2.24. The predicted octanol–water partition coefficient (Wildman–Crippen LogP) is 2.65. The highest BCUT2D eigenvalue weighted by Crippen LogP contribution is 2.38. The molecule has 0 unspecified atom stereocenters. The Kier molecular flexibility index (Phi) is 3.38. The van der Waals surface area contributed by atoms with Crippen LogP contribution in [0.4, 0.5) is 11.4 Å². The van der Waals surface area contributed by atoms with Crippen molar-refractivity contribution in [3.63, 3.8) is 0 Å². The van der Waals surface area contributed by atoms with Crippen molar-refractivity contribution in [1.29, 1.82) is 0 Å². The second-order valence-electron chi connectivity index (χ2n) is 4.02. The Hall–Kier alpha value is -1.90. The molecule has 1 aliphatic rings. The molecule has 1 aliphatic heterocycles. The molecule has 3 heteroatoms. The quantitative estimate of drug-likeness (QED) is 0.723. The van der Waals surface area contributed by atoms with Crippen LogP contribution >= 0.6 is 0 Å². The number of methoxy groups -OCH3 is 1. The fourth-order valence-electron chi connectivity index (χ4n) is 2.13. The van der Waals surface area contributed by atoms with Gasteiger partial charge in [-0.1, -0.05) is 12.2 Å². The first-order valence-corrected chi connectivity index (χ1v) is 5.70. The third-order valence-electron chi connectivity index (χ3n) is 2.90. The van der Waals surface area contributed by atoms with Crippen LogP contribution in [0.3, 0.4) is 0 Å². The maximum Gasteiger partial charge on any atom is 0.121 e. The molecule has 0 saturated heterocycles. The molecule has 2 rings (SSSR count). The standard InChI is InChI=1S/C14H18N2O/c1-4-8-15-11-16(9-5-2)14-10-12(17-3)6-7-13(14)15/h4-7,10H,1-2,8-9,11H2,3H3.